The number of rotatable bonds is 5. The zero-order valence-electron chi connectivity index (χ0n) is 16.0. The Bertz CT molecular complexity index is 1260. The highest BCUT2D eigenvalue weighted by Gasteiger charge is 2.17. The van der Waals surface area contributed by atoms with E-state index in [1.165, 1.54) is 17.1 Å². The maximum absolute atomic E-state index is 13.2. The number of hydrogen-bond acceptors (Lipinski definition) is 6. The summed E-state index contributed by atoms with van der Waals surface area (Å²) in [5.41, 5.74) is 2.19. The predicted molar refractivity (Wildman–Crippen MR) is 116 cm³/mol. The first-order valence-electron chi connectivity index (χ1n) is 8.92. The van der Waals surface area contributed by atoms with E-state index in [9.17, 15) is 14.0 Å². The van der Waals surface area contributed by atoms with Gasteiger partial charge in [0.05, 0.1) is 26.2 Å². The maximum atomic E-state index is 13.2. The summed E-state index contributed by atoms with van der Waals surface area (Å²) in [6.07, 6.45) is 1.47. The molecule has 2 amide bonds. The van der Waals surface area contributed by atoms with Crippen molar-refractivity contribution >= 4 is 45.4 Å². The quantitative estimate of drug-likeness (QED) is 0.465. The molecule has 0 saturated carbocycles. The van der Waals surface area contributed by atoms with Gasteiger partial charge in [0.25, 0.3) is 11.8 Å². The fraction of sp³-hybridized carbons (Fsp3) is 0.0500. The molecule has 0 atom stereocenters. The van der Waals surface area contributed by atoms with Crippen molar-refractivity contribution in [1.29, 1.82) is 0 Å². The number of carbonyl (C=O) groups excluding carboxylic acids is 2. The lowest BCUT2D eigenvalue weighted by Crippen LogP contribution is -2.12. The normalized spacial score (nSPS) is 10.7. The van der Waals surface area contributed by atoms with Crippen LogP contribution < -0.4 is 10.6 Å². The Balaban J connectivity index is 1.45. The number of halogens is 2. The molecule has 31 heavy (non-hydrogen) atoms. The summed E-state index contributed by atoms with van der Waals surface area (Å²) in [6.45, 7) is 1.77. The summed E-state index contributed by atoms with van der Waals surface area (Å²) in [6, 6.07) is 12.2. The zero-order chi connectivity index (χ0) is 22.0. The van der Waals surface area contributed by atoms with Crippen molar-refractivity contribution in [2.45, 2.75) is 6.92 Å². The molecular weight excluding hydrogens is 443 g/mol. The molecule has 0 fully saturated rings. The van der Waals surface area contributed by atoms with Crippen molar-refractivity contribution < 1.29 is 14.0 Å². The van der Waals surface area contributed by atoms with Crippen molar-refractivity contribution in [2.75, 3.05) is 10.6 Å². The molecule has 0 unspecified atom stereocenters. The van der Waals surface area contributed by atoms with E-state index in [0.29, 0.717) is 21.1 Å². The molecule has 2 heterocycles. The summed E-state index contributed by atoms with van der Waals surface area (Å²) in [5, 5.41) is 17.0. The van der Waals surface area contributed by atoms with Gasteiger partial charge in [0, 0.05) is 5.69 Å². The van der Waals surface area contributed by atoms with E-state index in [0.717, 1.165) is 29.2 Å². The minimum atomic E-state index is -0.529. The van der Waals surface area contributed by atoms with Gasteiger partial charge in [0.15, 0.2) is 0 Å². The van der Waals surface area contributed by atoms with E-state index >= 15 is 0 Å². The van der Waals surface area contributed by atoms with Gasteiger partial charge in [0.2, 0.25) is 0 Å². The smallest absolute Gasteiger partial charge is 0.266 e. The fourth-order valence-corrected chi connectivity index (χ4v) is 4.00. The van der Waals surface area contributed by atoms with E-state index in [-0.39, 0.29) is 16.5 Å². The van der Waals surface area contributed by atoms with Gasteiger partial charge in [0.1, 0.15) is 12.1 Å². The van der Waals surface area contributed by atoms with Crippen molar-refractivity contribution in [1.82, 2.24) is 20.2 Å². The Morgan fingerprint density at radius 1 is 1.06 bits per heavy atom. The largest absolute Gasteiger partial charge is 0.321 e. The third-order valence-corrected chi connectivity index (χ3v) is 5.74. The number of amides is 2. The molecule has 156 valence electrons. The van der Waals surface area contributed by atoms with Crippen LogP contribution in [0, 0.1) is 12.7 Å². The van der Waals surface area contributed by atoms with Gasteiger partial charge in [-0.15, -0.1) is 16.4 Å². The molecule has 0 saturated heterocycles. The molecule has 2 N–H and O–H groups in total. The first kappa shape index (κ1) is 20.6. The van der Waals surface area contributed by atoms with Crippen molar-refractivity contribution in [3.63, 3.8) is 0 Å². The highest BCUT2D eigenvalue weighted by atomic mass is 35.5. The minimum absolute atomic E-state index is 0.00821. The van der Waals surface area contributed by atoms with E-state index in [4.69, 9.17) is 11.6 Å². The van der Waals surface area contributed by atoms with Crippen molar-refractivity contribution in [2.24, 2.45) is 0 Å². The molecule has 4 rings (SSSR count). The predicted octanol–water partition coefficient (Wildman–Crippen LogP) is 4.33. The number of nitrogens with one attached hydrogen (secondary N) is 2. The van der Waals surface area contributed by atoms with Crippen LogP contribution in [0.15, 0.2) is 54.9 Å². The molecule has 2 aromatic heterocycles. The molecule has 0 aliphatic carbocycles. The lowest BCUT2D eigenvalue weighted by molar-refractivity contribution is 0.102. The first-order valence-corrected chi connectivity index (χ1v) is 10.1. The van der Waals surface area contributed by atoms with Gasteiger partial charge >= 0.3 is 0 Å². The number of anilines is 2. The Kier molecular flexibility index (Phi) is 5.74. The second-order valence-electron chi connectivity index (χ2n) is 6.46. The lowest BCUT2D eigenvalue weighted by Gasteiger charge is -2.06. The van der Waals surface area contributed by atoms with Gasteiger partial charge in [-0.25, -0.2) is 9.07 Å². The number of thiophene rings is 1. The van der Waals surface area contributed by atoms with Gasteiger partial charge in [-0.2, -0.15) is 0 Å². The number of aromatic nitrogens is 4. The molecule has 0 spiro atoms. The highest BCUT2D eigenvalue weighted by molar-refractivity contribution is 7.18. The SMILES string of the molecule is Cc1cc(NC(=O)c2ccc(F)cc2Cl)sc1C(=O)Nc1ccc(-n2cnnn2)cc1. The summed E-state index contributed by atoms with van der Waals surface area (Å²) in [4.78, 5) is 25.6. The van der Waals surface area contributed by atoms with Crippen LogP contribution in [-0.4, -0.2) is 32.0 Å². The third-order valence-electron chi connectivity index (χ3n) is 4.28. The number of tetrazole rings is 1. The molecule has 11 heteroatoms. The molecule has 4 aromatic rings. The standard InChI is InChI=1S/C20H14ClFN6O2S/c1-11-8-17(25-19(29)15-7-2-12(22)9-16(15)21)31-18(11)20(30)24-13-3-5-14(6-4-13)28-10-23-26-27-28/h2-10H,1H3,(H,24,30)(H,25,29). The van der Waals surface area contributed by atoms with Gasteiger partial charge < -0.3 is 10.6 Å². The van der Waals surface area contributed by atoms with Crippen LogP contribution in [0.5, 0.6) is 0 Å². The Morgan fingerprint density at radius 2 is 1.84 bits per heavy atom. The topological polar surface area (TPSA) is 102 Å². The van der Waals surface area contributed by atoms with E-state index in [2.05, 4.69) is 26.2 Å². The molecular formula is C20H14ClFN6O2S. The van der Waals surface area contributed by atoms with Gasteiger partial charge in [-0.1, -0.05) is 11.6 Å². The van der Waals surface area contributed by atoms with Crippen molar-refractivity contribution in [3.8, 4) is 5.69 Å². The van der Waals surface area contributed by atoms with Crippen LogP contribution in [0.3, 0.4) is 0 Å². The number of aryl methyl sites for hydroxylation is 1. The Hall–Kier alpha value is -3.63. The van der Waals surface area contributed by atoms with Crippen molar-refractivity contribution in [3.05, 3.63) is 81.7 Å². The molecule has 0 bridgehead atoms. The summed E-state index contributed by atoms with van der Waals surface area (Å²) < 4.78 is 14.7. The number of carbonyl (C=O) groups is 2. The molecule has 2 aromatic carbocycles. The molecule has 0 aliphatic rings. The average molecular weight is 457 g/mol. The summed E-state index contributed by atoms with van der Waals surface area (Å²) in [5.74, 6) is -1.33. The van der Waals surface area contributed by atoms with Gasteiger partial charge in [-0.05, 0) is 71.4 Å². The van der Waals surface area contributed by atoms with Crippen LogP contribution in [0.1, 0.15) is 25.6 Å². The van der Waals surface area contributed by atoms with Crippen LogP contribution in [0.4, 0.5) is 15.1 Å². The third kappa shape index (κ3) is 4.60. The molecule has 8 nitrogen and oxygen atoms in total. The summed E-state index contributed by atoms with van der Waals surface area (Å²) in [7, 11) is 0. The highest BCUT2D eigenvalue weighted by Crippen LogP contribution is 2.29. The molecule has 0 radical (unpaired) electrons. The number of nitrogens with zero attached hydrogens (tertiary/aromatic N) is 4. The summed E-state index contributed by atoms with van der Waals surface area (Å²) >= 11 is 7.07. The van der Waals surface area contributed by atoms with E-state index in [1.54, 1.807) is 37.3 Å². The van der Waals surface area contributed by atoms with Crippen LogP contribution in [0.25, 0.3) is 5.69 Å². The van der Waals surface area contributed by atoms with Crippen LogP contribution in [-0.2, 0) is 0 Å². The maximum Gasteiger partial charge on any atom is 0.266 e. The minimum Gasteiger partial charge on any atom is -0.321 e. The Morgan fingerprint density at radius 3 is 2.52 bits per heavy atom. The number of hydrogen-bond donors (Lipinski definition) is 2. The second kappa shape index (κ2) is 8.62. The number of benzene rings is 2. The van der Waals surface area contributed by atoms with Crippen LogP contribution in [0.2, 0.25) is 5.02 Å². The zero-order valence-corrected chi connectivity index (χ0v) is 17.5. The van der Waals surface area contributed by atoms with Gasteiger partial charge in [-0.3, -0.25) is 9.59 Å². The fourth-order valence-electron chi connectivity index (χ4n) is 2.79. The average Bonchev–Trinajstić information content (AvgIpc) is 3.38. The second-order valence-corrected chi connectivity index (χ2v) is 7.92. The lowest BCUT2D eigenvalue weighted by atomic mass is 10.2. The van der Waals surface area contributed by atoms with E-state index in [1.807, 2.05) is 0 Å². The van der Waals surface area contributed by atoms with E-state index < -0.39 is 11.7 Å². The van der Waals surface area contributed by atoms with Crippen LogP contribution >= 0.6 is 22.9 Å². The Labute approximate surface area is 184 Å². The monoisotopic (exact) mass is 456 g/mol. The first-order chi connectivity index (χ1) is 14.9. The molecule has 0 aliphatic heterocycles.